The Morgan fingerprint density at radius 1 is 1.00 bits per heavy atom. The van der Waals surface area contributed by atoms with Crippen molar-refractivity contribution in [3.8, 4) is 0 Å². The predicted molar refractivity (Wildman–Crippen MR) is 87.8 cm³/mol. The van der Waals surface area contributed by atoms with E-state index in [9.17, 15) is 0 Å². The standard InChI is InChI=1S/C16H13N5/c1-10-19-15-14(17-9-18-15)16(20-10)21-13-7-6-11-4-2-3-5-12(11)8-13/h2-9,14H,1H3,(H,17,18,19,20,21). The highest BCUT2D eigenvalue weighted by molar-refractivity contribution is 6.25. The lowest BCUT2D eigenvalue weighted by atomic mass is 10.1. The molecule has 0 saturated carbocycles. The summed E-state index contributed by atoms with van der Waals surface area (Å²) in [4.78, 5) is 17.2. The first-order valence-electron chi connectivity index (χ1n) is 6.79. The van der Waals surface area contributed by atoms with Crippen LogP contribution in [0.15, 0.2) is 62.4 Å². The van der Waals surface area contributed by atoms with E-state index in [0.29, 0.717) is 11.7 Å². The molecule has 1 atom stereocenters. The number of amidine groups is 3. The molecule has 2 aliphatic heterocycles. The highest BCUT2D eigenvalue weighted by Crippen LogP contribution is 2.20. The number of nitrogens with zero attached hydrogens (tertiary/aromatic N) is 4. The van der Waals surface area contributed by atoms with Gasteiger partial charge in [-0.2, -0.15) is 0 Å². The van der Waals surface area contributed by atoms with E-state index in [4.69, 9.17) is 0 Å². The van der Waals surface area contributed by atoms with E-state index in [0.717, 1.165) is 11.5 Å². The van der Waals surface area contributed by atoms with Gasteiger partial charge in [0.05, 0.1) is 0 Å². The summed E-state index contributed by atoms with van der Waals surface area (Å²) in [5, 5.41) is 5.75. The van der Waals surface area contributed by atoms with Crippen LogP contribution in [0.2, 0.25) is 0 Å². The third-order valence-corrected chi connectivity index (χ3v) is 3.49. The Balaban J connectivity index is 1.69. The Bertz CT molecular complexity index is 845. The summed E-state index contributed by atoms with van der Waals surface area (Å²) < 4.78 is 0. The topological polar surface area (TPSA) is 61.5 Å². The fourth-order valence-corrected chi connectivity index (χ4v) is 2.52. The molecule has 21 heavy (non-hydrogen) atoms. The van der Waals surface area contributed by atoms with Crippen molar-refractivity contribution in [2.24, 2.45) is 20.0 Å². The molecule has 0 amide bonds. The lowest BCUT2D eigenvalue weighted by molar-refractivity contribution is 1.12. The van der Waals surface area contributed by atoms with E-state index in [2.05, 4.69) is 49.6 Å². The Morgan fingerprint density at radius 3 is 2.76 bits per heavy atom. The van der Waals surface area contributed by atoms with Crippen molar-refractivity contribution in [1.29, 1.82) is 0 Å². The first kappa shape index (κ1) is 12.0. The van der Waals surface area contributed by atoms with Crippen LogP contribution in [0.25, 0.3) is 10.8 Å². The van der Waals surface area contributed by atoms with Crippen molar-refractivity contribution >= 4 is 40.3 Å². The lowest BCUT2D eigenvalue weighted by Crippen LogP contribution is -2.35. The molecule has 4 rings (SSSR count). The van der Waals surface area contributed by atoms with E-state index in [1.165, 1.54) is 10.8 Å². The van der Waals surface area contributed by atoms with E-state index >= 15 is 0 Å². The van der Waals surface area contributed by atoms with Crippen LogP contribution >= 0.6 is 0 Å². The SMILES string of the molecule is CC1=NC2=NC=NC2C(Nc2ccc3ccccc3c2)=N1. The maximum Gasteiger partial charge on any atom is 0.169 e. The average molecular weight is 275 g/mol. The minimum Gasteiger partial charge on any atom is -0.341 e. The normalized spacial score (nSPS) is 19.9. The third-order valence-electron chi connectivity index (χ3n) is 3.49. The van der Waals surface area contributed by atoms with Crippen LogP contribution in [-0.2, 0) is 0 Å². The van der Waals surface area contributed by atoms with Crippen LogP contribution in [0.1, 0.15) is 6.92 Å². The number of nitrogens with one attached hydrogen (secondary N) is 1. The van der Waals surface area contributed by atoms with Crippen molar-refractivity contribution in [2.75, 3.05) is 5.32 Å². The van der Waals surface area contributed by atoms with Crippen molar-refractivity contribution in [1.82, 2.24) is 0 Å². The Labute approximate surface area is 121 Å². The summed E-state index contributed by atoms with van der Waals surface area (Å²) in [6.07, 6.45) is 1.54. The van der Waals surface area contributed by atoms with Crippen LogP contribution in [-0.4, -0.2) is 29.9 Å². The van der Waals surface area contributed by atoms with Crippen molar-refractivity contribution < 1.29 is 0 Å². The van der Waals surface area contributed by atoms with Gasteiger partial charge < -0.3 is 5.32 Å². The number of fused-ring (bicyclic) bond motifs is 2. The van der Waals surface area contributed by atoms with E-state index < -0.39 is 0 Å². The fraction of sp³-hybridized carbons (Fsp3) is 0.125. The summed E-state index contributed by atoms with van der Waals surface area (Å²) in [6.45, 7) is 1.86. The number of hydrogen-bond donors (Lipinski definition) is 1. The molecule has 102 valence electrons. The minimum absolute atomic E-state index is 0.208. The summed E-state index contributed by atoms with van der Waals surface area (Å²) in [6, 6.07) is 14.3. The van der Waals surface area contributed by atoms with E-state index in [1.807, 2.05) is 25.1 Å². The smallest absolute Gasteiger partial charge is 0.169 e. The van der Waals surface area contributed by atoms with Gasteiger partial charge >= 0.3 is 0 Å². The lowest BCUT2D eigenvalue weighted by Gasteiger charge is -2.18. The van der Waals surface area contributed by atoms with Gasteiger partial charge in [0.1, 0.15) is 18.0 Å². The molecule has 0 fully saturated rings. The van der Waals surface area contributed by atoms with Gasteiger partial charge in [-0.15, -0.1) is 0 Å². The summed E-state index contributed by atoms with van der Waals surface area (Å²) in [5.41, 5.74) is 0.989. The number of aliphatic imine (C=N–C) groups is 4. The Kier molecular flexibility index (Phi) is 2.64. The number of hydrogen-bond acceptors (Lipinski definition) is 5. The molecule has 0 aliphatic carbocycles. The predicted octanol–water partition coefficient (Wildman–Crippen LogP) is 2.89. The van der Waals surface area contributed by atoms with Crippen molar-refractivity contribution in [3.05, 3.63) is 42.5 Å². The molecule has 0 aromatic heterocycles. The van der Waals surface area contributed by atoms with Crippen LogP contribution in [0.5, 0.6) is 0 Å². The van der Waals surface area contributed by atoms with Gasteiger partial charge in [-0.05, 0) is 29.8 Å². The van der Waals surface area contributed by atoms with Crippen LogP contribution in [0.3, 0.4) is 0 Å². The van der Waals surface area contributed by atoms with Gasteiger partial charge in [-0.1, -0.05) is 30.3 Å². The van der Waals surface area contributed by atoms with Crippen LogP contribution in [0.4, 0.5) is 5.69 Å². The summed E-state index contributed by atoms with van der Waals surface area (Å²) in [5.74, 6) is 2.16. The second-order valence-electron chi connectivity index (χ2n) is 5.00. The van der Waals surface area contributed by atoms with Crippen LogP contribution in [0, 0.1) is 0 Å². The van der Waals surface area contributed by atoms with Gasteiger partial charge in [0.15, 0.2) is 11.9 Å². The van der Waals surface area contributed by atoms with E-state index in [1.54, 1.807) is 6.34 Å². The summed E-state index contributed by atoms with van der Waals surface area (Å²) in [7, 11) is 0. The number of anilines is 1. The molecular formula is C16H13N5. The summed E-state index contributed by atoms with van der Waals surface area (Å²) >= 11 is 0. The van der Waals surface area contributed by atoms with Gasteiger partial charge in [-0.25, -0.2) is 15.0 Å². The molecule has 0 saturated heterocycles. The van der Waals surface area contributed by atoms with Gasteiger partial charge in [0, 0.05) is 5.69 Å². The molecular weight excluding hydrogens is 262 g/mol. The van der Waals surface area contributed by atoms with Crippen LogP contribution < -0.4 is 5.32 Å². The highest BCUT2D eigenvalue weighted by atomic mass is 15.2. The zero-order chi connectivity index (χ0) is 14.2. The molecule has 2 aliphatic rings. The molecule has 1 N–H and O–H groups in total. The third kappa shape index (κ3) is 2.12. The number of rotatable bonds is 1. The highest BCUT2D eigenvalue weighted by Gasteiger charge is 2.27. The van der Waals surface area contributed by atoms with Gasteiger partial charge in [-0.3, -0.25) is 4.99 Å². The Morgan fingerprint density at radius 2 is 1.86 bits per heavy atom. The molecule has 5 nitrogen and oxygen atoms in total. The molecule has 0 radical (unpaired) electrons. The number of benzene rings is 2. The zero-order valence-corrected chi connectivity index (χ0v) is 11.5. The molecule has 1 unspecified atom stereocenters. The molecule has 2 aromatic carbocycles. The largest absolute Gasteiger partial charge is 0.341 e. The molecule has 2 heterocycles. The Hall–Kier alpha value is -2.82. The minimum atomic E-state index is -0.208. The molecule has 0 spiro atoms. The average Bonchev–Trinajstić information content (AvgIpc) is 2.95. The second kappa shape index (κ2) is 4.63. The maximum atomic E-state index is 4.46. The van der Waals surface area contributed by atoms with Crippen molar-refractivity contribution in [3.63, 3.8) is 0 Å². The molecule has 5 heteroatoms. The monoisotopic (exact) mass is 275 g/mol. The first-order chi connectivity index (χ1) is 10.3. The second-order valence-corrected chi connectivity index (χ2v) is 5.00. The van der Waals surface area contributed by atoms with Gasteiger partial charge in [0.25, 0.3) is 0 Å². The first-order valence-corrected chi connectivity index (χ1v) is 6.79. The quantitative estimate of drug-likeness (QED) is 0.854. The molecule has 2 aromatic rings. The zero-order valence-electron chi connectivity index (χ0n) is 11.5. The van der Waals surface area contributed by atoms with E-state index in [-0.39, 0.29) is 6.04 Å². The maximum absolute atomic E-state index is 4.46. The fourth-order valence-electron chi connectivity index (χ4n) is 2.52. The van der Waals surface area contributed by atoms with Crippen molar-refractivity contribution in [2.45, 2.75) is 13.0 Å². The molecule has 0 bridgehead atoms. The van der Waals surface area contributed by atoms with Gasteiger partial charge in [0.2, 0.25) is 0 Å².